The monoisotopic (exact) mass is 342 g/mol. The Kier molecular flexibility index (Phi) is 5.23. The quantitative estimate of drug-likeness (QED) is 0.740. The van der Waals surface area contributed by atoms with Crippen molar-refractivity contribution in [2.45, 2.75) is 13.1 Å². The van der Waals surface area contributed by atoms with Gasteiger partial charge in [0.1, 0.15) is 0 Å². The fourth-order valence-electron chi connectivity index (χ4n) is 2.18. The number of aryl methyl sites for hydroxylation is 1. The number of halogens is 2. The third kappa shape index (κ3) is 3.16. The molecule has 0 aliphatic rings. The lowest BCUT2D eigenvalue weighted by Crippen LogP contribution is -2.04. The highest BCUT2D eigenvalue weighted by Crippen LogP contribution is 2.26. The number of benzene rings is 1. The van der Waals surface area contributed by atoms with Crippen LogP contribution in [0.5, 0.6) is 0 Å². The molecule has 22 heavy (non-hydrogen) atoms. The molecule has 0 fully saturated rings. The van der Waals surface area contributed by atoms with E-state index in [-0.39, 0.29) is 12.4 Å². The summed E-state index contributed by atoms with van der Waals surface area (Å²) in [5, 5.41) is 19.9. The predicted molar refractivity (Wildman–Crippen MR) is 87.4 cm³/mol. The van der Waals surface area contributed by atoms with Crippen LogP contribution < -0.4 is 10.6 Å². The normalized spacial score (nSPS) is 10.7. The van der Waals surface area contributed by atoms with Crippen molar-refractivity contribution in [3.05, 3.63) is 34.8 Å². The second kappa shape index (κ2) is 6.95. The van der Waals surface area contributed by atoms with E-state index in [1.54, 1.807) is 4.68 Å². The molecular formula is C13H16Cl2N6O. The molecule has 2 aromatic heterocycles. The number of hydrogen-bond acceptors (Lipinski definition) is 6. The second-order valence-corrected chi connectivity index (χ2v) is 5.00. The third-order valence-electron chi connectivity index (χ3n) is 3.10. The number of nitrogens with zero attached hydrogens (tertiary/aromatic N) is 4. The van der Waals surface area contributed by atoms with Gasteiger partial charge in [-0.2, -0.15) is 5.10 Å². The first-order valence-corrected chi connectivity index (χ1v) is 6.88. The maximum atomic E-state index is 6.26. The van der Waals surface area contributed by atoms with E-state index in [0.29, 0.717) is 30.0 Å². The average Bonchev–Trinajstić information content (AvgIpc) is 3.03. The van der Waals surface area contributed by atoms with Crippen molar-refractivity contribution >= 4 is 40.9 Å². The lowest BCUT2D eigenvalue weighted by atomic mass is 10.2. The summed E-state index contributed by atoms with van der Waals surface area (Å²) < 4.78 is 7.24. The number of fused-ring (bicyclic) bond motifs is 1. The maximum absolute atomic E-state index is 6.26. The summed E-state index contributed by atoms with van der Waals surface area (Å²) in [6.07, 6.45) is 0. The molecule has 0 atom stereocenters. The van der Waals surface area contributed by atoms with Gasteiger partial charge in [-0.15, -0.1) is 17.5 Å². The molecule has 118 valence electrons. The highest BCUT2D eigenvalue weighted by atomic mass is 35.5. The van der Waals surface area contributed by atoms with Gasteiger partial charge in [-0.1, -0.05) is 22.8 Å². The number of nitrogens with one attached hydrogen (secondary N) is 2. The summed E-state index contributed by atoms with van der Waals surface area (Å²) in [5.41, 5.74) is 1.83. The SMILES string of the molecule is CNCc1nnc(NCc2nn(C)c3cccc(Cl)c23)o1.Cl. The van der Waals surface area contributed by atoms with Crippen LogP contribution in [-0.4, -0.2) is 27.0 Å². The Bertz CT molecular complexity index is 769. The van der Waals surface area contributed by atoms with Crippen molar-refractivity contribution in [2.75, 3.05) is 12.4 Å². The molecule has 3 aromatic rings. The maximum Gasteiger partial charge on any atom is 0.315 e. The van der Waals surface area contributed by atoms with Gasteiger partial charge in [0.25, 0.3) is 0 Å². The van der Waals surface area contributed by atoms with E-state index in [2.05, 4.69) is 25.9 Å². The van der Waals surface area contributed by atoms with E-state index in [1.165, 1.54) is 0 Å². The van der Waals surface area contributed by atoms with E-state index in [4.69, 9.17) is 16.0 Å². The lowest BCUT2D eigenvalue weighted by molar-refractivity contribution is 0.489. The summed E-state index contributed by atoms with van der Waals surface area (Å²) >= 11 is 6.26. The topological polar surface area (TPSA) is 80.8 Å². The summed E-state index contributed by atoms with van der Waals surface area (Å²) in [6, 6.07) is 6.11. The van der Waals surface area contributed by atoms with Gasteiger partial charge in [-0.25, -0.2) is 0 Å². The Morgan fingerprint density at radius 1 is 1.27 bits per heavy atom. The molecule has 0 spiro atoms. The zero-order valence-corrected chi connectivity index (χ0v) is 13.7. The van der Waals surface area contributed by atoms with Crippen LogP contribution in [0.3, 0.4) is 0 Å². The molecule has 0 aliphatic carbocycles. The molecule has 3 rings (SSSR count). The van der Waals surface area contributed by atoms with Crippen LogP contribution in [0.15, 0.2) is 22.6 Å². The standard InChI is InChI=1S/C13H15ClN6O.ClH/c1-15-7-11-17-18-13(21-11)16-6-9-12-8(14)4-3-5-10(12)20(2)19-9;/h3-5,15H,6-7H2,1-2H3,(H,16,18);1H. The molecule has 0 saturated carbocycles. The van der Waals surface area contributed by atoms with Gasteiger partial charge in [0, 0.05) is 12.4 Å². The fourth-order valence-corrected chi connectivity index (χ4v) is 2.46. The Hall–Kier alpha value is -1.83. The van der Waals surface area contributed by atoms with Gasteiger partial charge in [0.15, 0.2) is 0 Å². The van der Waals surface area contributed by atoms with Gasteiger partial charge in [-0.05, 0) is 19.2 Å². The minimum atomic E-state index is 0. The average molecular weight is 343 g/mol. The van der Waals surface area contributed by atoms with Crippen molar-refractivity contribution in [3.8, 4) is 0 Å². The number of hydrogen-bond donors (Lipinski definition) is 2. The van der Waals surface area contributed by atoms with Crippen molar-refractivity contribution < 1.29 is 4.42 Å². The molecule has 0 aliphatic heterocycles. The van der Waals surface area contributed by atoms with Crippen LogP contribution in [-0.2, 0) is 20.1 Å². The van der Waals surface area contributed by atoms with E-state index in [1.807, 2.05) is 32.3 Å². The molecule has 0 saturated heterocycles. The van der Waals surface area contributed by atoms with Crippen LogP contribution >= 0.6 is 24.0 Å². The van der Waals surface area contributed by atoms with Crippen molar-refractivity contribution in [1.82, 2.24) is 25.3 Å². The Balaban J connectivity index is 0.00000176. The minimum Gasteiger partial charge on any atom is -0.407 e. The summed E-state index contributed by atoms with van der Waals surface area (Å²) in [5.74, 6) is 0.531. The molecule has 7 nitrogen and oxygen atoms in total. The molecular weight excluding hydrogens is 327 g/mol. The van der Waals surface area contributed by atoms with Crippen LogP contribution in [0.2, 0.25) is 5.02 Å². The highest BCUT2D eigenvalue weighted by molar-refractivity contribution is 6.35. The molecule has 9 heteroatoms. The summed E-state index contributed by atoms with van der Waals surface area (Å²) in [6.45, 7) is 0.995. The van der Waals surface area contributed by atoms with Gasteiger partial charge >= 0.3 is 6.01 Å². The van der Waals surface area contributed by atoms with Gasteiger partial charge in [-0.3, -0.25) is 4.68 Å². The molecule has 1 aromatic carbocycles. The first kappa shape index (κ1) is 16.5. The van der Waals surface area contributed by atoms with Gasteiger partial charge in [0.2, 0.25) is 5.89 Å². The van der Waals surface area contributed by atoms with Crippen LogP contribution in [0.4, 0.5) is 6.01 Å². The van der Waals surface area contributed by atoms with Gasteiger partial charge < -0.3 is 15.1 Å². The van der Waals surface area contributed by atoms with Crippen molar-refractivity contribution in [3.63, 3.8) is 0 Å². The third-order valence-corrected chi connectivity index (χ3v) is 3.42. The number of anilines is 1. The zero-order chi connectivity index (χ0) is 14.8. The molecule has 0 radical (unpaired) electrons. The molecule has 2 N–H and O–H groups in total. The fraction of sp³-hybridized carbons (Fsp3) is 0.308. The van der Waals surface area contributed by atoms with E-state index in [0.717, 1.165) is 16.6 Å². The summed E-state index contributed by atoms with van der Waals surface area (Å²) in [7, 11) is 3.71. The first-order valence-electron chi connectivity index (χ1n) is 6.50. The predicted octanol–water partition coefficient (Wildman–Crippen LogP) is 2.36. The molecule has 2 heterocycles. The molecule has 0 unspecified atom stereocenters. The van der Waals surface area contributed by atoms with E-state index < -0.39 is 0 Å². The van der Waals surface area contributed by atoms with Crippen molar-refractivity contribution in [1.29, 1.82) is 0 Å². The largest absolute Gasteiger partial charge is 0.407 e. The second-order valence-electron chi connectivity index (χ2n) is 4.59. The minimum absolute atomic E-state index is 0. The number of aromatic nitrogens is 4. The Labute approximate surface area is 138 Å². The Morgan fingerprint density at radius 3 is 2.86 bits per heavy atom. The number of rotatable bonds is 5. The lowest BCUT2D eigenvalue weighted by Gasteiger charge is -1.99. The van der Waals surface area contributed by atoms with Crippen molar-refractivity contribution in [2.24, 2.45) is 7.05 Å². The molecule has 0 amide bonds. The Morgan fingerprint density at radius 2 is 2.09 bits per heavy atom. The van der Waals surface area contributed by atoms with Gasteiger partial charge in [0.05, 0.1) is 29.3 Å². The smallest absolute Gasteiger partial charge is 0.315 e. The molecule has 0 bridgehead atoms. The van der Waals surface area contributed by atoms with Crippen LogP contribution in [0, 0.1) is 0 Å². The van der Waals surface area contributed by atoms with E-state index in [9.17, 15) is 0 Å². The van der Waals surface area contributed by atoms with Crippen LogP contribution in [0.25, 0.3) is 10.9 Å². The van der Waals surface area contributed by atoms with E-state index >= 15 is 0 Å². The summed E-state index contributed by atoms with van der Waals surface area (Å²) in [4.78, 5) is 0. The first-order chi connectivity index (χ1) is 10.2. The van der Waals surface area contributed by atoms with Crippen LogP contribution in [0.1, 0.15) is 11.6 Å². The zero-order valence-electron chi connectivity index (χ0n) is 12.1. The highest BCUT2D eigenvalue weighted by Gasteiger charge is 2.12.